The number of hydrogen-bond donors (Lipinski definition) is 0. The molecule has 4 fully saturated rings. The molecule has 0 N–H and O–H groups in total. The van der Waals surface area contributed by atoms with Gasteiger partial charge in [0, 0.05) is 11.8 Å². The molecular formula is C46H80O2. The Morgan fingerprint density at radius 2 is 1.33 bits per heavy atom. The quantitative estimate of drug-likeness (QED) is 0.0932. The highest BCUT2D eigenvalue weighted by molar-refractivity contribution is 5.69. The lowest BCUT2D eigenvalue weighted by Gasteiger charge is -2.70. The van der Waals surface area contributed by atoms with Crippen LogP contribution >= 0.6 is 0 Å². The van der Waals surface area contributed by atoms with Crippen molar-refractivity contribution in [1.29, 1.82) is 0 Å². The van der Waals surface area contributed by atoms with Crippen LogP contribution in [0.3, 0.4) is 0 Å². The fraction of sp³-hybridized carbons (Fsp3) is 0.935. The summed E-state index contributed by atoms with van der Waals surface area (Å²) in [6.45, 7) is 23.0. The number of rotatable bonds is 16. The summed E-state index contributed by atoms with van der Waals surface area (Å²) >= 11 is 0. The molecule has 0 heterocycles. The van der Waals surface area contributed by atoms with Gasteiger partial charge in [-0.25, -0.2) is 0 Å². The van der Waals surface area contributed by atoms with Gasteiger partial charge in [-0.1, -0.05) is 151 Å². The zero-order valence-corrected chi connectivity index (χ0v) is 33.6. The van der Waals surface area contributed by atoms with Crippen molar-refractivity contribution in [3.05, 3.63) is 11.6 Å². The number of allylic oxidation sites excluding steroid dienone is 2. The van der Waals surface area contributed by atoms with E-state index in [0.717, 1.165) is 36.5 Å². The maximum absolute atomic E-state index is 13.2. The van der Waals surface area contributed by atoms with Crippen LogP contribution in [-0.4, -0.2) is 12.1 Å². The molecule has 0 aromatic carbocycles. The fourth-order valence-corrected chi connectivity index (χ4v) is 13.6. The third-order valence-corrected chi connectivity index (χ3v) is 16.8. The first-order chi connectivity index (χ1) is 22.7. The van der Waals surface area contributed by atoms with Crippen LogP contribution < -0.4 is 0 Å². The van der Waals surface area contributed by atoms with Gasteiger partial charge in [0.2, 0.25) is 0 Å². The molecule has 0 radical (unpaired) electrons. The van der Waals surface area contributed by atoms with Crippen molar-refractivity contribution >= 4 is 5.97 Å². The van der Waals surface area contributed by atoms with Gasteiger partial charge in [0.1, 0.15) is 6.10 Å². The Morgan fingerprint density at radius 1 is 0.729 bits per heavy atom. The average molecular weight is 665 g/mol. The van der Waals surface area contributed by atoms with E-state index in [0.29, 0.717) is 34.0 Å². The number of unbranched alkanes of at least 4 members (excludes halogenated alkanes) is 12. The van der Waals surface area contributed by atoms with Crippen LogP contribution in [-0.2, 0) is 9.53 Å². The van der Waals surface area contributed by atoms with Crippen LogP contribution in [0.25, 0.3) is 0 Å². The van der Waals surface area contributed by atoms with E-state index < -0.39 is 0 Å². The van der Waals surface area contributed by atoms with Crippen molar-refractivity contribution < 1.29 is 9.53 Å². The highest BCUT2D eigenvalue weighted by atomic mass is 16.5. The molecule has 48 heavy (non-hydrogen) atoms. The third-order valence-electron chi connectivity index (χ3n) is 16.8. The van der Waals surface area contributed by atoms with E-state index in [1.165, 1.54) is 128 Å². The predicted molar refractivity (Wildman–Crippen MR) is 205 cm³/mol. The predicted octanol–water partition coefficient (Wildman–Crippen LogP) is 14.1. The minimum atomic E-state index is 0.0320. The first kappa shape index (κ1) is 38.4. The summed E-state index contributed by atoms with van der Waals surface area (Å²) in [5, 5.41) is 0. The normalized spacial score (nSPS) is 40.0. The standard InChI is InChI=1S/C46H80O2/c1-10-11-12-13-14-15-16-17-18-19-20-21-22-23-40(47)48-39-28-30-44(7)37(42(39,4)5)27-31-46(9)38(44)25-24-36-41-35(34(2)3)26-29-43(41,6)32-33-45(36,46)8/h24,34-35,37-39,41H,10-23,25-33H2,1-9H3/t35-,37-,38+,39-,41+,43+,44-,45+,46+/m0/s1. The second kappa shape index (κ2) is 15.4. The minimum absolute atomic E-state index is 0.0320. The van der Waals surface area contributed by atoms with Crippen molar-refractivity contribution in [1.82, 2.24) is 0 Å². The summed E-state index contributed by atoms with van der Waals surface area (Å²) in [7, 11) is 0. The van der Waals surface area contributed by atoms with Crippen LogP contribution in [0.2, 0.25) is 0 Å². The average Bonchev–Trinajstić information content (AvgIpc) is 3.39. The van der Waals surface area contributed by atoms with Crippen molar-refractivity contribution in [3.8, 4) is 0 Å². The smallest absolute Gasteiger partial charge is 0.306 e. The van der Waals surface area contributed by atoms with Crippen LogP contribution in [0.1, 0.15) is 210 Å². The lowest BCUT2D eigenvalue weighted by atomic mass is 9.34. The zero-order valence-electron chi connectivity index (χ0n) is 33.6. The molecule has 5 aliphatic carbocycles. The molecule has 9 atom stereocenters. The van der Waals surface area contributed by atoms with Gasteiger partial charge in [-0.05, 0) is 115 Å². The van der Waals surface area contributed by atoms with Crippen molar-refractivity contribution in [3.63, 3.8) is 0 Å². The van der Waals surface area contributed by atoms with Gasteiger partial charge in [0.25, 0.3) is 0 Å². The molecule has 4 saturated carbocycles. The van der Waals surface area contributed by atoms with Gasteiger partial charge in [-0.15, -0.1) is 0 Å². The molecule has 276 valence electrons. The van der Waals surface area contributed by atoms with Gasteiger partial charge in [-0.3, -0.25) is 4.79 Å². The summed E-state index contributed by atoms with van der Waals surface area (Å²) in [5.74, 6) is 3.84. The summed E-state index contributed by atoms with van der Waals surface area (Å²) in [6.07, 6.45) is 32.7. The topological polar surface area (TPSA) is 26.3 Å². The van der Waals surface area contributed by atoms with Crippen LogP contribution in [0, 0.1) is 56.7 Å². The van der Waals surface area contributed by atoms with Crippen molar-refractivity contribution in [2.45, 2.75) is 216 Å². The second-order valence-corrected chi connectivity index (χ2v) is 20.2. The minimum Gasteiger partial charge on any atom is -0.462 e. The Labute approximate surface area is 299 Å². The number of fused-ring (bicyclic) bond motifs is 7. The maximum Gasteiger partial charge on any atom is 0.306 e. The fourth-order valence-electron chi connectivity index (χ4n) is 13.6. The molecule has 0 aromatic rings. The second-order valence-electron chi connectivity index (χ2n) is 20.2. The molecule has 0 bridgehead atoms. The number of esters is 1. The highest BCUT2D eigenvalue weighted by Gasteiger charge is 2.68. The third kappa shape index (κ3) is 7.14. The molecule has 0 saturated heterocycles. The van der Waals surface area contributed by atoms with Crippen molar-refractivity contribution in [2.75, 3.05) is 0 Å². The summed E-state index contributed by atoms with van der Waals surface area (Å²) in [4.78, 5) is 13.2. The Morgan fingerprint density at radius 3 is 1.94 bits per heavy atom. The highest BCUT2D eigenvalue weighted by Crippen LogP contribution is 2.76. The maximum atomic E-state index is 13.2. The molecule has 2 heteroatoms. The summed E-state index contributed by atoms with van der Waals surface area (Å²) in [5.41, 5.74) is 3.44. The largest absolute Gasteiger partial charge is 0.462 e. The van der Waals surface area contributed by atoms with E-state index in [2.05, 4.69) is 68.4 Å². The van der Waals surface area contributed by atoms with Gasteiger partial charge >= 0.3 is 5.97 Å². The van der Waals surface area contributed by atoms with E-state index in [1.807, 2.05) is 5.57 Å². The van der Waals surface area contributed by atoms with Crippen molar-refractivity contribution in [2.24, 2.45) is 56.7 Å². The van der Waals surface area contributed by atoms with Gasteiger partial charge in [-0.2, -0.15) is 0 Å². The monoisotopic (exact) mass is 665 g/mol. The summed E-state index contributed by atoms with van der Waals surface area (Å²) in [6, 6.07) is 0. The molecule has 5 rings (SSSR count). The van der Waals surface area contributed by atoms with E-state index in [1.54, 1.807) is 0 Å². The first-order valence-corrected chi connectivity index (χ1v) is 21.6. The van der Waals surface area contributed by atoms with Gasteiger partial charge in [0.15, 0.2) is 0 Å². The van der Waals surface area contributed by atoms with Gasteiger partial charge in [0.05, 0.1) is 0 Å². The van der Waals surface area contributed by atoms with Gasteiger partial charge < -0.3 is 4.74 Å². The zero-order chi connectivity index (χ0) is 34.8. The Hall–Kier alpha value is -0.790. The molecule has 0 amide bonds. The number of carbonyl (C=O) groups is 1. The van der Waals surface area contributed by atoms with E-state index in [9.17, 15) is 4.79 Å². The molecular weight excluding hydrogens is 585 g/mol. The SMILES string of the molecule is CCCCCCCCCCCCCCCC(=O)O[C@H]1CC[C@]2(C)[C@H]3CC=C4[C@H]5[C@H](C(C)C)CC[C@]5(C)CC[C@@]4(C)[C@]3(C)CC[C@H]2C1(C)C. The lowest BCUT2D eigenvalue weighted by molar-refractivity contribution is -0.211. The molecule has 5 aliphatic rings. The van der Waals surface area contributed by atoms with E-state index >= 15 is 0 Å². The number of ether oxygens (including phenoxy) is 1. The number of carbonyl (C=O) groups excluding carboxylic acids is 1. The molecule has 0 spiro atoms. The first-order valence-electron chi connectivity index (χ1n) is 21.6. The molecule has 0 unspecified atom stereocenters. The van der Waals surface area contributed by atoms with Crippen LogP contribution in [0.5, 0.6) is 0 Å². The molecule has 0 aliphatic heterocycles. The lowest BCUT2D eigenvalue weighted by Crippen LogP contribution is -2.64. The molecule has 0 aromatic heterocycles. The van der Waals surface area contributed by atoms with Crippen LogP contribution in [0.15, 0.2) is 11.6 Å². The Bertz CT molecular complexity index is 1100. The van der Waals surface area contributed by atoms with E-state index in [-0.39, 0.29) is 17.5 Å². The Kier molecular flexibility index (Phi) is 12.4. The number of hydrogen-bond acceptors (Lipinski definition) is 2. The Balaban J connectivity index is 1.12. The summed E-state index contributed by atoms with van der Waals surface area (Å²) < 4.78 is 6.42. The molecule has 2 nitrogen and oxygen atoms in total. The van der Waals surface area contributed by atoms with Crippen LogP contribution in [0.4, 0.5) is 0 Å². The van der Waals surface area contributed by atoms with E-state index in [4.69, 9.17) is 4.74 Å².